The zero-order valence-corrected chi connectivity index (χ0v) is 7.04. The van der Waals surface area contributed by atoms with Crippen molar-refractivity contribution in [2.75, 3.05) is 13.7 Å². The number of ether oxygens (including phenoxy) is 1. The summed E-state index contributed by atoms with van der Waals surface area (Å²) >= 11 is 0. The van der Waals surface area contributed by atoms with Crippen LogP contribution in [0.4, 0.5) is 0 Å². The molecular formula is C9H11NO2. The van der Waals surface area contributed by atoms with E-state index >= 15 is 0 Å². The first kappa shape index (κ1) is 8.82. The first-order valence-corrected chi connectivity index (χ1v) is 3.76. The lowest BCUT2D eigenvalue weighted by molar-refractivity contribution is 0.183. The highest BCUT2D eigenvalue weighted by atomic mass is 16.5. The molecule has 0 saturated carbocycles. The van der Waals surface area contributed by atoms with Crippen molar-refractivity contribution in [2.24, 2.45) is 0 Å². The second-order valence-electron chi connectivity index (χ2n) is 2.43. The van der Waals surface area contributed by atoms with Crippen molar-refractivity contribution in [3.63, 3.8) is 0 Å². The summed E-state index contributed by atoms with van der Waals surface area (Å²) < 4.78 is 10.2. The smallest absolute Gasteiger partial charge is 0.221 e. The van der Waals surface area contributed by atoms with Gasteiger partial charge in [-0.05, 0) is 6.07 Å². The molecule has 0 N–H and O–H groups in total. The lowest BCUT2D eigenvalue weighted by atomic mass is 10.2. The second-order valence-corrected chi connectivity index (χ2v) is 2.43. The monoisotopic (exact) mass is 165 g/mol. The van der Waals surface area contributed by atoms with Gasteiger partial charge >= 0.3 is 0 Å². The van der Waals surface area contributed by atoms with Crippen molar-refractivity contribution < 1.29 is 9.15 Å². The average molecular weight is 165 g/mol. The molecule has 3 heteroatoms. The van der Waals surface area contributed by atoms with E-state index in [9.17, 15) is 0 Å². The highest BCUT2D eigenvalue weighted by molar-refractivity contribution is 5.16. The van der Waals surface area contributed by atoms with Crippen molar-refractivity contribution in [1.82, 2.24) is 0 Å². The van der Waals surface area contributed by atoms with E-state index in [2.05, 4.69) is 4.85 Å². The SMILES string of the molecule is [C-]#[N+]CCc1occc1COC. The molecule has 1 heterocycles. The molecule has 0 unspecified atom stereocenters. The van der Waals surface area contributed by atoms with Gasteiger partial charge in [0.15, 0.2) is 0 Å². The Morgan fingerprint density at radius 2 is 2.50 bits per heavy atom. The van der Waals surface area contributed by atoms with E-state index in [4.69, 9.17) is 15.7 Å². The van der Waals surface area contributed by atoms with E-state index in [-0.39, 0.29) is 0 Å². The molecule has 0 aliphatic rings. The predicted molar refractivity (Wildman–Crippen MR) is 44.6 cm³/mol. The van der Waals surface area contributed by atoms with Crippen LogP contribution in [-0.2, 0) is 17.8 Å². The molecule has 1 aromatic rings. The lowest BCUT2D eigenvalue weighted by Crippen LogP contribution is -1.93. The van der Waals surface area contributed by atoms with E-state index in [1.807, 2.05) is 6.07 Å². The number of nitrogens with zero attached hydrogens (tertiary/aromatic N) is 1. The topological polar surface area (TPSA) is 26.7 Å². The minimum Gasteiger partial charge on any atom is -0.469 e. The predicted octanol–water partition coefficient (Wildman–Crippen LogP) is 1.89. The second kappa shape index (κ2) is 4.58. The normalized spacial score (nSPS) is 9.67. The van der Waals surface area contributed by atoms with Gasteiger partial charge in [0.05, 0.1) is 19.3 Å². The third kappa shape index (κ3) is 2.11. The molecule has 0 aliphatic carbocycles. The molecular weight excluding hydrogens is 154 g/mol. The minimum absolute atomic E-state index is 0.476. The van der Waals surface area contributed by atoms with Gasteiger partial charge in [0.25, 0.3) is 0 Å². The molecule has 1 aromatic heterocycles. The standard InChI is InChI=1S/C9H11NO2/c1-10-5-3-9-8(7-11-2)4-6-12-9/h4,6H,3,5,7H2,2H3. The van der Waals surface area contributed by atoms with Gasteiger partial charge in [-0.2, -0.15) is 0 Å². The van der Waals surface area contributed by atoms with Crippen LogP contribution < -0.4 is 0 Å². The summed E-state index contributed by atoms with van der Waals surface area (Å²) in [6, 6.07) is 1.88. The van der Waals surface area contributed by atoms with Crippen LogP contribution in [0.25, 0.3) is 4.85 Å². The molecule has 0 aromatic carbocycles. The third-order valence-electron chi connectivity index (χ3n) is 1.59. The summed E-state index contributed by atoms with van der Waals surface area (Å²) in [7, 11) is 1.64. The fourth-order valence-electron chi connectivity index (χ4n) is 1.03. The van der Waals surface area contributed by atoms with Crippen LogP contribution in [0.1, 0.15) is 11.3 Å². The van der Waals surface area contributed by atoms with Crippen molar-refractivity contribution in [2.45, 2.75) is 13.0 Å². The number of hydrogen-bond donors (Lipinski definition) is 0. The number of hydrogen-bond acceptors (Lipinski definition) is 2. The van der Waals surface area contributed by atoms with Gasteiger partial charge < -0.3 is 14.0 Å². The Kier molecular flexibility index (Phi) is 3.36. The van der Waals surface area contributed by atoms with E-state index in [1.54, 1.807) is 13.4 Å². The van der Waals surface area contributed by atoms with Gasteiger partial charge in [0.2, 0.25) is 6.54 Å². The molecule has 1 rings (SSSR count). The molecule has 0 radical (unpaired) electrons. The fraction of sp³-hybridized carbons (Fsp3) is 0.444. The Balaban J connectivity index is 2.58. The molecule has 0 spiro atoms. The molecule has 0 saturated heterocycles. The van der Waals surface area contributed by atoms with E-state index in [0.29, 0.717) is 19.6 Å². The van der Waals surface area contributed by atoms with E-state index in [1.165, 1.54) is 0 Å². The zero-order chi connectivity index (χ0) is 8.81. The van der Waals surface area contributed by atoms with Crippen molar-refractivity contribution >= 4 is 0 Å². The largest absolute Gasteiger partial charge is 0.469 e. The van der Waals surface area contributed by atoms with Gasteiger partial charge in [-0.25, -0.2) is 6.57 Å². The summed E-state index contributed by atoms with van der Waals surface area (Å²) in [5, 5.41) is 0. The molecule has 0 bridgehead atoms. The van der Waals surface area contributed by atoms with Crippen LogP contribution >= 0.6 is 0 Å². The fourth-order valence-corrected chi connectivity index (χ4v) is 1.03. The van der Waals surface area contributed by atoms with Crippen LogP contribution in [0.3, 0.4) is 0 Å². The summed E-state index contributed by atoms with van der Waals surface area (Å²) in [4.78, 5) is 3.26. The maximum absolute atomic E-state index is 6.63. The molecule has 0 amide bonds. The van der Waals surface area contributed by atoms with Gasteiger partial charge in [0.1, 0.15) is 5.76 Å². The lowest BCUT2D eigenvalue weighted by Gasteiger charge is -1.96. The quantitative estimate of drug-likeness (QED) is 0.637. The first-order chi connectivity index (χ1) is 5.88. The van der Waals surface area contributed by atoms with Gasteiger partial charge in [0, 0.05) is 12.7 Å². The van der Waals surface area contributed by atoms with Crippen LogP contribution in [0, 0.1) is 6.57 Å². The number of methoxy groups -OCH3 is 1. The van der Waals surface area contributed by atoms with Crippen molar-refractivity contribution in [3.05, 3.63) is 35.1 Å². The molecule has 12 heavy (non-hydrogen) atoms. The first-order valence-electron chi connectivity index (χ1n) is 3.76. The summed E-state index contributed by atoms with van der Waals surface area (Å²) in [5.41, 5.74) is 1.04. The summed E-state index contributed by atoms with van der Waals surface area (Å²) in [6.07, 6.45) is 2.31. The van der Waals surface area contributed by atoms with Crippen molar-refractivity contribution in [1.29, 1.82) is 0 Å². The Morgan fingerprint density at radius 3 is 3.17 bits per heavy atom. The van der Waals surface area contributed by atoms with Crippen molar-refractivity contribution in [3.8, 4) is 0 Å². The maximum atomic E-state index is 6.63. The molecule has 0 aliphatic heterocycles. The molecule has 3 nitrogen and oxygen atoms in total. The van der Waals surface area contributed by atoms with Crippen LogP contribution in [-0.4, -0.2) is 13.7 Å². The Bertz CT molecular complexity index is 272. The Labute approximate surface area is 71.8 Å². The Morgan fingerprint density at radius 1 is 1.67 bits per heavy atom. The van der Waals surface area contributed by atoms with Gasteiger partial charge in [-0.15, -0.1) is 0 Å². The van der Waals surface area contributed by atoms with Crippen LogP contribution in [0.5, 0.6) is 0 Å². The highest BCUT2D eigenvalue weighted by Gasteiger charge is 2.06. The Hall–Kier alpha value is -1.27. The van der Waals surface area contributed by atoms with Gasteiger partial charge in [-0.1, -0.05) is 0 Å². The molecule has 0 fully saturated rings. The average Bonchev–Trinajstić information content (AvgIpc) is 2.50. The van der Waals surface area contributed by atoms with E-state index < -0.39 is 0 Å². The van der Waals surface area contributed by atoms with Crippen LogP contribution in [0.2, 0.25) is 0 Å². The van der Waals surface area contributed by atoms with Crippen LogP contribution in [0.15, 0.2) is 16.7 Å². The molecule has 64 valence electrons. The van der Waals surface area contributed by atoms with E-state index in [0.717, 1.165) is 11.3 Å². The number of rotatable bonds is 4. The maximum Gasteiger partial charge on any atom is 0.221 e. The highest BCUT2D eigenvalue weighted by Crippen LogP contribution is 2.12. The summed E-state index contributed by atoms with van der Waals surface area (Å²) in [5.74, 6) is 0.868. The zero-order valence-electron chi connectivity index (χ0n) is 7.04. The number of furan rings is 1. The third-order valence-corrected chi connectivity index (χ3v) is 1.59. The van der Waals surface area contributed by atoms with Gasteiger partial charge in [-0.3, -0.25) is 0 Å². The summed E-state index contributed by atoms with van der Waals surface area (Å²) in [6.45, 7) is 7.67. The molecule has 0 atom stereocenters. The minimum atomic E-state index is 0.476.